The Balaban J connectivity index is 2.61. The summed E-state index contributed by atoms with van der Waals surface area (Å²) in [4.78, 5) is 50.3. The molecule has 1 N–H and O–H groups in total. The van der Waals surface area contributed by atoms with Crippen molar-refractivity contribution in [2.75, 3.05) is 11.9 Å². The molecule has 0 unspecified atom stereocenters. The fourth-order valence-electron chi connectivity index (χ4n) is 3.68. The Morgan fingerprint density at radius 1 is 1.03 bits per heavy atom. The van der Waals surface area contributed by atoms with Gasteiger partial charge in [-0.2, -0.15) is 0 Å². The molecule has 194 valence electrons. The van der Waals surface area contributed by atoms with Gasteiger partial charge in [0.15, 0.2) is 0 Å². The third kappa shape index (κ3) is 7.26. The number of rotatable bonds is 4. The van der Waals surface area contributed by atoms with Gasteiger partial charge in [0.25, 0.3) is 14.1 Å². The molecule has 0 aliphatic carbocycles. The molecule has 0 amide bonds. The number of anilines is 1. The zero-order valence-corrected chi connectivity index (χ0v) is 23.5. The molecule has 2 rings (SSSR count). The number of aryl methyl sites for hydroxylation is 1. The Morgan fingerprint density at radius 3 is 2.26 bits per heavy atom. The molecule has 0 spiro atoms. The van der Waals surface area contributed by atoms with E-state index in [-0.39, 0.29) is 23.8 Å². The highest BCUT2D eigenvalue weighted by molar-refractivity contribution is 6.74. The van der Waals surface area contributed by atoms with E-state index in [1.807, 2.05) is 26.0 Å². The van der Waals surface area contributed by atoms with Crippen LogP contribution in [-0.2, 0) is 25.5 Å². The van der Waals surface area contributed by atoms with Crippen LogP contribution >= 0.6 is 0 Å². The second-order valence-corrected chi connectivity index (χ2v) is 15.8. The number of cyclic esters (lactones) is 1. The molecule has 1 aliphatic heterocycles. The predicted octanol–water partition coefficient (Wildman–Crippen LogP) is 5.51. The van der Waals surface area contributed by atoms with Crippen molar-refractivity contribution in [3.05, 3.63) is 23.3 Å². The van der Waals surface area contributed by atoms with E-state index in [1.54, 1.807) is 6.92 Å². The summed E-state index contributed by atoms with van der Waals surface area (Å²) in [6.45, 7) is 17.0. The van der Waals surface area contributed by atoms with Gasteiger partial charge in [-0.3, -0.25) is 14.4 Å². The van der Waals surface area contributed by atoms with Crippen LogP contribution in [0.2, 0.25) is 18.1 Å². The first-order valence-corrected chi connectivity index (χ1v) is 15.5. The van der Waals surface area contributed by atoms with Gasteiger partial charge < -0.3 is 14.5 Å². The van der Waals surface area contributed by atoms with Crippen molar-refractivity contribution in [3.63, 3.8) is 0 Å². The number of nitrogens with one attached hydrogen (secondary N) is 1. The molecule has 0 bridgehead atoms. The quantitative estimate of drug-likeness (QED) is 0.329. The van der Waals surface area contributed by atoms with Crippen molar-refractivity contribution in [2.24, 2.45) is 5.92 Å². The fraction of sp³-hybridized carbons (Fsp3) is 0.630. The van der Waals surface area contributed by atoms with E-state index in [4.69, 9.17) is 9.16 Å². The Morgan fingerprint density at radius 2 is 1.66 bits per heavy atom. The molecule has 0 saturated heterocycles. The average Bonchev–Trinajstić information content (AvgIpc) is 2.74. The summed E-state index contributed by atoms with van der Waals surface area (Å²) >= 11 is 0. The lowest BCUT2D eigenvalue weighted by atomic mass is 9.94. The van der Waals surface area contributed by atoms with Gasteiger partial charge in [0.05, 0.1) is 0 Å². The van der Waals surface area contributed by atoms with Gasteiger partial charge in [-0.1, -0.05) is 27.7 Å². The molecular formula is C27H41NO6Si. The standard InChI is InChI=1S/C27H41NO6Si/c1-9-28-20-15-19-11-10-12-21(29)25(31)22(30)14-13-17(2)18(3)33-26(32)24(19)23(16-20)34-35(7,8)27(4,5)6/h15-18,28H,9-14H2,1-8H3/t17-,18+/m1/s1. The third-order valence-corrected chi connectivity index (χ3v) is 11.6. The molecule has 1 aliphatic rings. The normalized spacial score (nSPS) is 21.1. The van der Waals surface area contributed by atoms with E-state index in [9.17, 15) is 19.2 Å². The number of ketones is 3. The van der Waals surface area contributed by atoms with Crippen molar-refractivity contribution in [2.45, 2.75) is 97.9 Å². The zero-order valence-electron chi connectivity index (χ0n) is 22.5. The molecule has 0 fully saturated rings. The molecule has 0 radical (unpaired) electrons. The molecule has 2 atom stereocenters. The van der Waals surface area contributed by atoms with Crippen molar-refractivity contribution in [1.82, 2.24) is 0 Å². The largest absolute Gasteiger partial charge is 0.543 e. The Hall–Kier alpha value is -2.48. The van der Waals surface area contributed by atoms with Crippen LogP contribution in [0.5, 0.6) is 5.75 Å². The molecule has 1 aromatic carbocycles. The smallest absolute Gasteiger partial charge is 0.342 e. The first kappa shape index (κ1) is 28.8. The average molecular weight is 504 g/mol. The Kier molecular flexibility index (Phi) is 9.45. The van der Waals surface area contributed by atoms with Crippen LogP contribution in [0.25, 0.3) is 0 Å². The van der Waals surface area contributed by atoms with Crippen molar-refractivity contribution in [3.8, 4) is 5.75 Å². The molecule has 7 nitrogen and oxygen atoms in total. The number of hydrogen-bond donors (Lipinski definition) is 1. The number of hydrogen-bond acceptors (Lipinski definition) is 7. The van der Waals surface area contributed by atoms with E-state index in [1.165, 1.54) is 0 Å². The fourth-order valence-corrected chi connectivity index (χ4v) is 4.69. The van der Waals surface area contributed by atoms with Crippen LogP contribution in [0.3, 0.4) is 0 Å². The highest BCUT2D eigenvalue weighted by Crippen LogP contribution is 2.40. The Labute approximate surface area is 210 Å². The number of Topliss-reactive ketones (excluding diaryl/α,β-unsaturated/α-hetero) is 3. The van der Waals surface area contributed by atoms with Crippen molar-refractivity contribution in [1.29, 1.82) is 0 Å². The highest BCUT2D eigenvalue weighted by atomic mass is 28.4. The lowest BCUT2D eigenvalue weighted by Crippen LogP contribution is -2.44. The zero-order chi connectivity index (χ0) is 26.6. The molecule has 1 aromatic rings. The molecule has 35 heavy (non-hydrogen) atoms. The Bertz CT molecular complexity index is 979. The summed E-state index contributed by atoms with van der Waals surface area (Å²) in [7, 11) is -2.29. The summed E-state index contributed by atoms with van der Waals surface area (Å²) in [5, 5.41) is 3.21. The van der Waals surface area contributed by atoms with Gasteiger partial charge in [0, 0.05) is 31.1 Å². The van der Waals surface area contributed by atoms with E-state index in [0.717, 1.165) is 5.69 Å². The van der Waals surface area contributed by atoms with Crippen molar-refractivity contribution >= 4 is 37.3 Å². The van der Waals surface area contributed by atoms with E-state index >= 15 is 0 Å². The maximum absolute atomic E-state index is 13.5. The minimum absolute atomic E-state index is 0.0317. The van der Waals surface area contributed by atoms with E-state index < -0.39 is 37.7 Å². The number of fused-ring (bicyclic) bond motifs is 1. The summed E-state index contributed by atoms with van der Waals surface area (Å²) in [5.41, 5.74) is 1.89. The van der Waals surface area contributed by atoms with Crippen LogP contribution in [0.4, 0.5) is 5.69 Å². The predicted molar refractivity (Wildman–Crippen MR) is 140 cm³/mol. The van der Waals surface area contributed by atoms with Crippen LogP contribution < -0.4 is 9.74 Å². The van der Waals surface area contributed by atoms with Gasteiger partial charge in [0.2, 0.25) is 11.6 Å². The summed E-state index contributed by atoms with van der Waals surface area (Å²) in [5.74, 6) is -2.42. The van der Waals surface area contributed by atoms with Crippen LogP contribution in [0.15, 0.2) is 12.1 Å². The monoisotopic (exact) mass is 503 g/mol. The number of benzene rings is 1. The maximum atomic E-state index is 13.5. The lowest BCUT2D eigenvalue weighted by molar-refractivity contribution is -0.144. The topological polar surface area (TPSA) is 98.8 Å². The van der Waals surface area contributed by atoms with E-state index in [2.05, 4.69) is 39.2 Å². The minimum atomic E-state index is -2.29. The number of ether oxygens (including phenoxy) is 1. The number of carbonyl (C=O) groups excluding carboxylic acids is 4. The van der Waals surface area contributed by atoms with Gasteiger partial charge in [0.1, 0.15) is 17.4 Å². The third-order valence-electron chi connectivity index (χ3n) is 7.22. The first-order valence-electron chi connectivity index (χ1n) is 12.6. The minimum Gasteiger partial charge on any atom is -0.543 e. The maximum Gasteiger partial charge on any atom is 0.342 e. The summed E-state index contributed by atoms with van der Waals surface area (Å²) in [6, 6.07) is 3.74. The number of esters is 1. The molecule has 8 heteroatoms. The van der Waals surface area contributed by atoms with Gasteiger partial charge >= 0.3 is 5.97 Å². The molecule has 0 aromatic heterocycles. The first-order chi connectivity index (χ1) is 16.2. The highest BCUT2D eigenvalue weighted by Gasteiger charge is 2.40. The summed E-state index contributed by atoms with van der Waals surface area (Å²) in [6.07, 6.45) is 0.496. The molecule has 1 heterocycles. The SMILES string of the molecule is CCNc1cc2c(c(O[Si](C)(C)C(C)(C)C)c1)C(=O)O[C@@H](C)[C@H](C)CCC(=O)C(=O)C(=O)CCC2. The van der Waals surface area contributed by atoms with Crippen LogP contribution in [0, 0.1) is 5.92 Å². The van der Waals surface area contributed by atoms with Gasteiger partial charge in [-0.05, 0) is 68.8 Å². The van der Waals surface area contributed by atoms with Crippen molar-refractivity contribution < 1.29 is 28.3 Å². The molecule has 0 saturated carbocycles. The second kappa shape index (κ2) is 11.5. The van der Waals surface area contributed by atoms with Crippen LogP contribution in [0.1, 0.15) is 83.1 Å². The molecular weight excluding hydrogens is 462 g/mol. The van der Waals surface area contributed by atoms with Gasteiger partial charge in [-0.15, -0.1) is 0 Å². The summed E-state index contributed by atoms with van der Waals surface area (Å²) < 4.78 is 12.5. The van der Waals surface area contributed by atoms with Gasteiger partial charge in [-0.25, -0.2) is 4.79 Å². The lowest BCUT2D eigenvalue weighted by Gasteiger charge is -2.37. The van der Waals surface area contributed by atoms with E-state index in [0.29, 0.717) is 42.7 Å². The van der Waals surface area contributed by atoms with Crippen LogP contribution in [-0.4, -0.2) is 44.3 Å². The number of carbonyl (C=O) groups is 4. The second-order valence-electron chi connectivity index (χ2n) is 11.1.